The number of aromatic nitrogens is 1. The minimum absolute atomic E-state index is 0.00574. The van der Waals surface area contributed by atoms with E-state index in [1.165, 1.54) is 6.07 Å². The quantitative estimate of drug-likeness (QED) is 0.389. The fourth-order valence-corrected chi connectivity index (χ4v) is 5.77. The molecule has 190 valence electrons. The molecule has 3 N–H and O–H groups in total. The number of aryl methyl sites for hydroxylation is 2. The van der Waals surface area contributed by atoms with E-state index in [-0.39, 0.29) is 30.7 Å². The zero-order valence-corrected chi connectivity index (χ0v) is 20.8. The number of benzene rings is 3. The van der Waals surface area contributed by atoms with Crippen molar-refractivity contribution in [3.8, 4) is 22.6 Å². The lowest BCUT2D eigenvalue weighted by Gasteiger charge is -2.18. The highest BCUT2D eigenvalue weighted by molar-refractivity contribution is 5.94. The second kappa shape index (κ2) is 8.29. The van der Waals surface area contributed by atoms with Crippen LogP contribution in [-0.2, 0) is 11.3 Å². The summed E-state index contributed by atoms with van der Waals surface area (Å²) in [5, 5.41) is 3.01. The Morgan fingerprint density at radius 3 is 2.53 bits per heavy atom. The normalized spacial score (nSPS) is 17.9. The number of amides is 1. The van der Waals surface area contributed by atoms with Crippen molar-refractivity contribution in [2.24, 2.45) is 0 Å². The molecule has 3 aliphatic rings. The second-order valence-corrected chi connectivity index (χ2v) is 9.85. The Morgan fingerprint density at radius 2 is 1.71 bits per heavy atom. The molecule has 8 heteroatoms. The number of nitrogens with zero attached hydrogens (tertiary/aromatic N) is 1. The molecule has 0 saturated carbocycles. The molecule has 1 aromatic heterocycles. The molecule has 0 radical (unpaired) electrons. The van der Waals surface area contributed by atoms with Gasteiger partial charge in [-0.2, -0.15) is 0 Å². The SMILES string of the molecule is Cc1cc(N)nc(C)c1CNC(=O)c1ccc2c(c1)C1OC2c2ccc(-c3ccc(F)c4c3OCO4)cc21. The van der Waals surface area contributed by atoms with Crippen LogP contribution in [0.5, 0.6) is 11.5 Å². The van der Waals surface area contributed by atoms with Crippen LogP contribution in [0.15, 0.2) is 54.6 Å². The minimum atomic E-state index is -0.442. The molecule has 2 unspecified atom stereocenters. The number of carbonyl (C=O) groups is 1. The van der Waals surface area contributed by atoms with Gasteiger partial charge in [0.05, 0.1) is 0 Å². The number of nitrogens with two attached hydrogens (primary N) is 1. The number of anilines is 1. The van der Waals surface area contributed by atoms with Gasteiger partial charge in [-0.05, 0) is 89.2 Å². The average Bonchev–Trinajstić information content (AvgIpc) is 3.63. The summed E-state index contributed by atoms with van der Waals surface area (Å²) >= 11 is 0. The maximum atomic E-state index is 14.1. The molecule has 7 rings (SSSR count). The van der Waals surface area contributed by atoms with Gasteiger partial charge < -0.3 is 25.3 Å². The average molecular weight is 510 g/mol. The topological polar surface area (TPSA) is 95.7 Å². The highest BCUT2D eigenvalue weighted by Crippen LogP contribution is 2.55. The van der Waals surface area contributed by atoms with Crippen molar-refractivity contribution in [2.45, 2.75) is 32.6 Å². The summed E-state index contributed by atoms with van der Waals surface area (Å²) in [5.41, 5.74) is 15.0. The van der Waals surface area contributed by atoms with Gasteiger partial charge in [0, 0.05) is 23.4 Å². The number of rotatable bonds is 4. The van der Waals surface area contributed by atoms with E-state index in [0.717, 1.165) is 50.2 Å². The Morgan fingerprint density at radius 1 is 0.974 bits per heavy atom. The molecule has 0 fully saturated rings. The van der Waals surface area contributed by atoms with Gasteiger partial charge in [-0.15, -0.1) is 0 Å². The van der Waals surface area contributed by atoms with Crippen LogP contribution in [0.4, 0.5) is 10.2 Å². The van der Waals surface area contributed by atoms with E-state index in [2.05, 4.69) is 22.4 Å². The second-order valence-electron chi connectivity index (χ2n) is 9.85. The van der Waals surface area contributed by atoms with Crippen molar-refractivity contribution < 1.29 is 23.4 Å². The third-order valence-electron chi connectivity index (χ3n) is 7.62. The van der Waals surface area contributed by atoms with E-state index in [0.29, 0.717) is 23.7 Å². The van der Waals surface area contributed by atoms with Gasteiger partial charge in [-0.1, -0.05) is 18.2 Å². The van der Waals surface area contributed by atoms with E-state index in [1.54, 1.807) is 6.07 Å². The van der Waals surface area contributed by atoms with Gasteiger partial charge in [0.2, 0.25) is 12.5 Å². The first kappa shape index (κ1) is 22.7. The lowest BCUT2D eigenvalue weighted by Crippen LogP contribution is -2.24. The molecule has 0 aliphatic carbocycles. The number of ether oxygens (including phenoxy) is 3. The lowest BCUT2D eigenvalue weighted by atomic mass is 9.83. The van der Waals surface area contributed by atoms with Crippen LogP contribution in [-0.4, -0.2) is 17.7 Å². The van der Waals surface area contributed by atoms with E-state index in [1.807, 2.05) is 44.2 Å². The summed E-state index contributed by atoms with van der Waals surface area (Å²) in [6.45, 7) is 4.21. The molecule has 2 atom stereocenters. The van der Waals surface area contributed by atoms with Crippen LogP contribution in [0, 0.1) is 19.7 Å². The van der Waals surface area contributed by atoms with Crippen LogP contribution in [0.2, 0.25) is 0 Å². The number of nitrogens with one attached hydrogen (secondary N) is 1. The molecule has 3 aromatic carbocycles. The first-order valence-electron chi connectivity index (χ1n) is 12.4. The van der Waals surface area contributed by atoms with E-state index in [9.17, 15) is 9.18 Å². The van der Waals surface area contributed by atoms with Crippen LogP contribution < -0.4 is 20.5 Å². The fraction of sp³-hybridized carbons (Fsp3) is 0.200. The van der Waals surface area contributed by atoms with Gasteiger partial charge in [0.25, 0.3) is 5.91 Å². The number of pyridine rings is 1. The Balaban J connectivity index is 1.17. The number of nitrogen functional groups attached to an aromatic ring is 1. The largest absolute Gasteiger partial charge is 0.453 e. The third kappa shape index (κ3) is 3.37. The van der Waals surface area contributed by atoms with Gasteiger partial charge >= 0.3 is 0 Å². The maximum Gasteiger partial charge on any atom is 0.251 e. The van der Waals surface area contributed by atoms with Crippen molar-refractivity contribution in [3.05, 3.63) is 105 Å². The zero-order chi connectivity index (χ0) is 26.1. The van der Waals surface area contributed by atoms with Crippen molar-refractivity contribution in [1.82, 2.24) is 10.3 Å². The smallest absolute Gasteiger partial charge is 0.251 e. The zero-order valence-electron chi connectivity index (χ0n) is 20.8. The van der Waals surface area contributed by atoms with Crippen molar-refractivity contribution in [3.63, 3.8) is 0 Å². The minimum Gasteiger partial charge on any atom is -0.453 e. The number of halogens is 1. The monoisotopic (exact) mass is 509 g/mol. The fourth-order valence-electron chi connectivity index (χ4n) is 5.77. The van der Waals surface area contributed by atoms with Crippen LogP contribution in [0.3, 0.4) is 0 Å². The first-order valence-corrected chi connectivity index (χ1v) is 12.4. The van der Waals surface area contributed by atoms with Crippen molar-refractivity contribution >= 4 is 11.7 Å². The van der Waals surface area contributed by atoms with Crippen LogP contribution in [0.1, 0.15) is 61.6 Å². The van der Waals surface area contributed by atoms with Crippen molar-refractivity contribution in [1.29, 1.82) is 0 Å². The third-order valence-corrected chi connectivity index (χ3v) is 7.62. The standard InChI is InChI=1S/C30H24FN3O4/c1-14-9-25(32)34-15(2)23(14)12-33-30(35)17-4-6-20-22(11-17)27-21-10-16(3-5-19(21)26(20)38-27)18-7-8-24(31)29-28(18)36-13-37-29/h3-11,26-27H,12-13H2,1-2H3,(H2,32,34)(H,33,35). The van der Waals surface area contributed by atoms with Gasteiger partial charge in [-0.3, -0.25) is 4.79 Å². The number of hydrogen-bond acceptors (Lipinski definition) is 6. The predicted molar refractivity (Wildman–Crippen MR) is 138 cm³/mol. The summed E-state index contributed by atoms with van der Waals surface area (Å²) in [6.07, 6.45) is -0.463. The highest BCUT2D eigenvalue weighted by atomic mass is 19.1. The molecular weight excluding hydrogens is 485 g/mol. The summed E-state index contributed by atoms with van der Waals surface area (Å²) in [6, 6.07) is 16.7. The Labute approximate surface area is 218 Å². The molecule has 0 spiro atoms. The van der Waals surface area contributed by atoms with Crippen molar-refractivity contribution in [2.75, 3.05) is 12.5 Å². The molecule has 1 amide bonds. The molecule has 0 saturated heterocycles. The first-order chi connectivity index (χ1) is 18.4. The summed E-state index contributed by atoms with van der Waals surface area (Å²) in [5.74, 6) is 0.413. The Hall–Kier alpha value is -4.43. The maximum absolute atomic E-state index is 14.1. The predicted octanol–water partition coefficient (Wildman–Crippen LogP) is 5.27. The van der Waals surface area contributed by atoms with Crippen LogP contribution >= 0.6 is 0 Å². The molecule has 2 bridgehead atoms. The summed E-state index contributed by atoms with van der Waals surface area (Å²) in [7, 11) is 0. The number of fused-ring (bicyclic) bond motifs is 9. The molecule has 4 heterocycles. The van der Waals surface area contributed by atoms with Crippen LogP contribution in [0.25, 0.3) is 11.1 Å². The molecule has 38 heavy (non-hydrogen) atoms. The summed E-state index contributed by atoms with van der Waals surface area (Å²) in [4.78, 5) is 17.4. The molecule has 4 aromatic rings. The van der Waals surface area contributed by atoms with Gasteiger partial charge in [0.1, 0.15) is 18.0 Å². The number of carbonyl (C=O) groups excluding carboxylic acids is 1. The Kier molecular flexibility index (Phi) is 4.96. The Bertz CT molecular complexity index is 1650. The summed E-state index contributed by atoms with van der Waals surface area (Å²) < 4.78 is 31.4. The number of hydrogen-bond donors (Lipinski definition) is 2. The van der Waals surface area contributed by atoms with Gasteiger partial charge in [0.15, 0.2) is 11.6 Å². The van der Waals surface area contributed by atoms with E-state index < -0.39 is 5.82 Å². The molecular formula is C30H24FN3O4. The van der Waals surface area contributed by atoms with E-state index in [4.69, 9.17) is 19.9 Å². The van der Waals surface area contributed by atoms with Gasteiger partial charge in [-0.25, -0.2) is 9.37 Å². The lowest BCUT2D eigenvalue weighted by molar-refractivity contribution is 0.0857. The highest BCUT2D eigenvalue weighted by Gasteiger charge is 2.43. The molecule has 3 aliphatic heterocycles. The van der Waals surface area contributed by atoms with E-state index >= 15 is 0 Å². The molecule has 7 nitrogen and oxygen atoms in total.